The highest BCUT2D eigenvalue weighted by Crippen LogP contribution is 2.30. The van der Waals surface area contributed by atoms with Crippen molar-refractivity contribution in [1.82, 2.24) is 9.62 Å². The number of hydrogen-bond acceptors (Lipinski definition) is 4. The molecule has 28 heavy (non-hydrogen) atoms. The number of nitrogens with zero attached hydrogens (tertiary/aromatic N) is 1. The van der Waals surface area contributed by atoms with E-state index in [1.54, 1.807) is 0 Å². The van der Waals surface area contributed by atoms with Crippen LogP contribution in [0, 0.1) is 0 Å². The van der Waals surface area contributed by atoms with Gasteiger partial charge in [-0.15, -0.1) is 0 Å². The van der Waals surface area contributed by atoms with E-state index in [4.69, 9.17) is 5.11 Å². The number of aliphatic carboxylic acids is 1. The molecule has 1 aliphatic heterocycles. The molecule has 8 heteroatoms. The Morgan fingerprint density at radius 3 is 2.36 bits per heavy atom. The molecule has 0 aromatic heterocycles. The lowest BCUT2D eigenvalue weighted by molar-refractivity contribution is -0.135. The molecule has 2 aromatic rings. The first-order chi connectivity index (χ1) is 13.4. The van der Waals surface area contributed by atoms with E-state index in [-0.39, 0.29) is 10.5 Å². The molecule has 2 N–H and O–H groups in total. The SMILES string of the molecule is O=C(O)CNC(=O)c1cccc(S(=O)(=O)N2CCC(c3ccccc3)CC2)c1. The van der Waals surface area contributed by atoms with E-state index in [1.165, 1.54) is 34.1 Å². The molecule has 3 rings (SSSR count). The van der Waals surface area contributed by atoms with Crippen molar-refractivity contribution in [3.63, 3.8) is 0 Å². The Labute approximate surface area is 164 Å². The van der Waals surface area contributed by atoms with Crippen LogP contribution in [0.1, 0.15) is 34.7 Å². The fourth-order valence-corrected chi connectivity index (χ4v) is 4.88. The minimum Gasteiger partial charge on any atom is -0.480 e. The molecule has 1 saturated heterocycles. The lowest BCUT2D eigenvalue weighted by Crippen LogP contribution is -2.38. The molecular weight excluding hydrogens is 380 g/mol. The summed E-state index contributed by atoms with van der Waals surface area (Å²) in [5, 5.41) is 10.9. The minimum atomic E-state index is -3.72. The third-order valence-electron chi connectivity index (χ3n) is 4.86. The molecule has 0 spiro atoms. The third kappa shape index (κ3) is 4.58. The highest BCUT2D eigenvalue weighted by Gasteiger charge is 2.30. The van der Waals surface area contributed by atoms with E-state index in [0.29, 0.717) is 19.0 Å². The molecule has 2 aromatic carbocycles. The van der Waals surface area contributed by atoms with Crippen LogP contribution in [0.25, 0.3) is 0 Å². The fourth-order valence-electron chi connectivity index (χ4n) is 3.36. The van der Waals surface area contributed by atoms with Crippen molar-refractivity contribution in [2.45, 2.75) is 23.7 Å². The Morgan fingerprint density at radius 2 is 1.71 bits per heavy atom. The van der Waals surface area contributed by atoms with E-state index >= 15 is 0 Å². The van der Waals surface area contributed by atoms with Crippen molar-refractivity contribution in [1.29, 1.82) is 0 Å². The van der Waals surface area contributed by atoms with Crippen LogP contribution in [0.4, 0.5) is 0 Å². The summed E-state index contributed by atoms with van der Waals surface area (Å²) in [6.07, 6.45) is 1.48. The molecule has 7 nitrogen and oxygen atoms in total. The molecule has 1 fully saturated rings. The van der Waals surface area contributed by atoms with Gasteiger partial charge in [-0.3, -0.25) is 9.59 Å². The van der Waals surface area contributed by atoms with E-state index in [9.17, 15) is 18.0 Å². The molecule has 1 aliphatic rings. The quantitative estimate of drug-likeness (QED) is 0.770. The number of carboxylic acid groups (broad SMARTS) is 1. The van der Waals surface area contributed by atoms with E-state index in [1.807, 2.05) is 18.2 Å². The number of nitrogens with one attached hydrogen (secondary N) is 1. The second-order valence-corrected chi connectivity index (χ2v) is 8.63. The molecule has 0 saturated carbocycles. The van der Waals surface area contributed by atoms with Gasteiger partial charge < -0.3 is 10.4 Å². The average Bonchev–Trinajstić information content (AvgIpc) is 2.73. The molecule has 1 heterocycles. The maximum absolute atomic E-state index is 13.0. The van der Waals surface area contributed by atoms with E-state index in [0.717, 1.165) is 12.8 Å². The zero-order chi connectivity index (χ0) is 20.1. The first kappa shape index (κ1) is 20.0. The number of rotatable bonds is 6. The highest BCUT2D eigenvalue weighted by molar-refractivity contribution is 7.89. The first-order valence-corrected chi connectivity index (χ1v) is 10.5. The Balaban J connectivity index is 1.70. The van der Waals surface area contributed by atoms with Gasteiger partial charge in [0.2, 0.25) is 10.0 Å². The van der Waals surface area contributed by atoms with Crippen molar-refractivity contribution in [3.05, 3.63) is 65.7 Å². The molecule has 0 bridgehead atoms. The van der Waals surface area contributed by atoms with Gasteiger partial charge in [0.05, 0.1) is 4.90 Å². The number of piperidine rings is 1. The van der Waals surface area contributed by atoms with Gasteiger partial charge >= 0.3 is 5.97 Å². The summed E-state index contributed by atoms with van der Waals surface area (Å²) >= 11 is 0. The number of amides is 1. The van der Waals surface area contributed by atoms with Crippen LogP contribution >= 0.6 is 0 Å². The zero-order valence-electron chi connectivity index (χ0n) is 15.2. The van der Waals surface area contributed by atoms with Crippen molar-refractivity contribution in [2.75, 3.05) is 19.6 Å². The summed E-state index contributed by atoms with van der Waals surface area (Å²) in [7, 11) is -3.72. The smallest absolute Gasteiger partial charge is 0.322 e. The van der Waals surface area contributed by atoms with Gasteiger partial charge in [0.25, 0.3) is 5.91 Å². The summed E-state index contributed by atoms with van der Waals surface area (Å²) < 4.78 is 27.4. The van der Waals surface area contributed by atoms with Gasteiger partial charge in [-0.05, 0) is 42.5 Å². The number of carbonyl (C=O) groups excluding carboxylic acids is 1. The number of carboxylic acids is 1. The number of benzene rings is 2. The number of sulfonamides is 1. The van der Waals surface area contributed by atoms with E-state index < -0.39 is 28.4 Å². The molecule has 1 amide bonds. The minimum absolute atomic E-state index is 0.0358. The largest absolute Gasteiger partial charge is 0.480 e. The molecule has 0 aliphatic carbocycles. The molecule has 0 radical (unpaired) electrons. The second-order valence-electron chi connectivity index (χ2n) is 6.69. The molecule has 148 valence electrons. The Kier molecular flexibility index (Phi) is 6.11. The van der Waals surface area contributed by atoms with Gasteiger partial charge in [0.15, 0.2) is 0 Å². The third-order valence-corrected chi connectivity index (χ3v) is 6.75. The second kappa shape index (κ2) is 8.53. The topological polar surface area (TPSA) is 104 Å². The van der Waals surface area contributed by atoms with Crippen LogP contribution in [0.3, 0.4) is 0 Å². The predicted molar refractivity (Wildman–Crippen MR) is 104 cm³/mol. The van der Waals surface area contributed by atoms with Crippen LogP contribution in [-0.2, 0) is 14.8 Å². The first-order valence-electron chi connectivity index (χ1n) is 9.03. The van der Waals surface area contributed by atoms with Gasteiger partial charge in [-0.1, -0.05) is 36.4 Å². The van der Waals surface area contributed by atoms with Crippen molar-refractivity contribution < 1.29 is 23.1 Å². The number of hydrogen-bond donors (Lipinski definition) is 2. The summed E-state index contributed by atoms with van der Waals surface area (Å²) in [6, 6.07) is 15.7. The van der Waals surface area contributed by atoms with Crippen molar-refractivity contribution in [2.24, 2.45) is 0 Å². The van der Waals surface area contributed by atoms with Crippen LogP contribution in [0.2, 0.25) is 0 Å². The highest BCUT2D eigenvalue weighted by atomic mass is 32.2. The Morgan fingerprint density at radius 1 is 1.04 bits per heavy atom. The van der Waals surface area contributed by atoms with Gasteiger partial charge in [0, 0.05) is 18.7 Å². The average molecular weight is 402 g/mol. The van der Waals surface area contributed by atoms with Crippen LogP contribution in [0.5, 0.6) is 0 Å². The number of carbonyl (C=O) groups is 2. The maximum atomic E-state index is 13.0. The van der Waals surface area contributed by atoms with E-state index in [2.05, 4.69) is 17.4 Å². The van der Waals surface area contributed by atoms with Crippen molar-refractivity contribution >= 4 is 21.9 Å². The van der Waals surface area contributed by atoms with Gasteiger partial charge in [0.1, 0.15) is 6.54 Å². The van der Waals surface area contributed by atoms with Crippen LogP contribution in [0.15, 0.2) is 59.5 Å². The van der Waals surface area contributed by atoms with Crippen molar-refractivity contribution in [3.8, 4) is 0 Å². The maximum Gasteiger partial charge on any atom is 0.322 e. The Bertz CT molecular complexity index is 952. The molecule has 0 atom stereocenters. The summed E-state index contributed by atoms with van der Waals surface area (Å²) in [6.45, 7) is 0.303. The Hall–Kier alpha value is -2.71. The monoisotopic (exact) mass is 402 g/mol. The van der Waals surface area contributed by atoms with Gasteiger partial charge in [-0.25, -0.2) is 8.42 Å². The predicted octanol–water partition coefficient (Wildman–Crippen LogP) is 2.07. The summed E-state index contributed by atoms with van der Waals surface area (Å²) in [5.74, 6) is -1.46. The van der Waals surface area contributed by atoms with Crippen LogP contribution in [-0.4, -0.2) is 49.3 Å². The lowest BCUT2D eigenvalue weighted by Gasteiger charge is -2.31. The lowest BCUT2D eigenvalue weighted by atomic mass is 9.90. The normalized spacial score (nSPS) is 15.9. The molecular formula is C20H22N2O5S. The standard InChI is InChI=1S/C20H22N2O5S/c23-19(24)14-21-20(25)17-7-4-8-18(13-17)28(26,27)22-11-9-16(10-12-22)15-5-2-1-3-6-15/h1-8,13,16H,9-12,14H2,(H,21,25)(H,23,24). The summed E-state index contributed by atoms with van der Waals surface area (Å²) in [5.41, 5.74) is 1.33. The fraction of sp³-hybridized carbons (Fsp3) is 0.300. The zero-order valence-corrected chi connectivity index (χ0v) is 16.1. The summed E-state index contributed by atoms with van der Waals surface area (Å²) in [4.78, 5) is 22.6. The van der Waals surface area contributed by atoms with Crippen LogP contribution < -0.4 is 5.32 Å². The molecule has 0 unspecified atom stereocenters. The van der Waals surface area contributed by atoms with Gasteiger partial charge in [-0.2, -0.15) is 4.31 Å².